The molecule has 2 N–H and O–H groups in total. The number of nitrogens with zero attached hydrogens (tertiary/aromatic N) is 1. The van der Waals surface area contributed by atoms with Gasteiger partial charge in [-0.3, -0.25) is 5.43 Å². The zero-order valence-electron chi connectivity index (χ0n) is 12.3. The molecule has 0 aliphatic carbocycles. The van der Waals surface area contributed by atoms with Gasteiger partial charge in [0.1, 0.15) is 0 Å². The molecule has 0 heterocycles. The number of nitrogens with one attached hydrogen (secondary N) is 2. The molecule has 2 rings (SSSR count). The minimum Gasteiger partial charge on any atom is -0.331 e. The van der Waals surface area contributed by atoms with Crippen molar-refractivity contribution in [3.8, 4) is 0 Å². The molecular weight excluding hydrogens is 278 g/mol. The lowest BCUT2D eigenvalue weighted by atomic mass is 10.1. The quantitative estimate of drug-likeness (QED) is 0.511. The van der Waals surface area contributed by atoms with Crippen LogP contribution in [0.1, 0.15) is 23.6 Å². The second-order valence-electron chi connectivity index (χ2n) is 4.79. The molecule has 0 spiro atoms. The number of aryl methyl sites for hydroxylation is 2. The summed E-state index contributed by atoms with van der Waals surface area (Å²) in [5.41, 5.74) is 7.33. The smallest absolute Gasteiger partial charge is 0.191 e. The van der Waals surface area contributed by atoms with Crippen LogP contribution in [0.15, 0.2) is 53.6 Å². The summed E-state index contributed by atoms with van der Waals surface area (Å²) in [7, 11) is 0. The molecule has 4 heteroatoms. The first-order valence-electron chi connectivity index (χ1n) is 6.93. The van der Waals surface area contributed by atoms with E-state index in [1.807, 2.05) is 36.4 Å². The van der Waals surface area contributed by atoms with E-state index in [2.05, 4.69) is 41.8 Å². The Labute approximate surface area is 131 Å². The standard InChI is InChI=1S/C17H19N3S/c1-3-14-6-8-15(9-7-14)12-18-20-17(21)19-16-10-4-13(2)5-11-16/h4-12H,3H2,1-2H3,(H2,19,20,21)/b18-12+. The molecule has 0 bridgehead atoms. The van der Waals surface area contributed by atoms with Gasteiger partial charge in [0.15, 0.2) is 5.11 Å². The van der Waals surface area contributed by atoms with Crippen LogP contribution in [0.25, 0.3) is 0 Å². The fourth-order valence-electron chi connectivity index (χ4n) is 1.80. The van der Waals surface area contributed by atoms with E-state index in [9.17, 15) is 0 Å². The Morgan fingerprint density at radius 1 is 1.10 bits per heavy atom. The number of benzene rings is 2. The minimum atomic E-state index is 0.472. The molecule has 3 nitrogen and oxygen atoms in total. The van der Waals surface area contributed by atoms with E-state index in [1.54, 1.807) is 6.21 Å². The lowest BCUT2D eigenvalue weighted by molar-refractivity contribution is 1.05. The van der Waals surface area contributed by atoms with Crippen molar-refractivity contribution in [2.24, 2.45) is 5.10 Å². The summed E-state index contributed by atoms with van der Waals surface area (Å²) >= 11 is 5.19. The molecule has 2 aromatic rings. The Kier molecular flexibility index (Phi) is 5.46. The van der Waals surface area contributed by atoms with Crippen LogP contribution >= 0.6 is 12.2 Å². The van der Waals surface area contributed by atoms with Crippen LogP contribution < -0.4 is 10.7 Å². The average Bonchev–Trinajstić information content (AvgIpc) is 2.50. The van der Waals surface area contributed by atoms with E-state index in [0.29, 0.717) is 5.11 Å². The van der Waals surface area contributed by atoms with Crippen molar-refractivity contribution in [2.75, 3.05) is 5.32 Å². The van der Waals surface area contributed by atoms with Crippen molar-refractivity contribution in [2.45, 2.75) is 20.3 Å². The second kappa shape index (κ2) is 7.55. The van der Waals surface area contributed by atoms with Gasteiger partial charge in [0.25, 0.3) is 0 Å². The van der Waals surface area contributed by atoms with Crippen LogP contribution in [0.4, 0.5) is 5.69 Å². The van der Waals surface area contributed by atoms with Gasteiger partial charge in [-0.1, -0.05) is 48.9 Å². The summed E-state index contributed by atoms with van der Waals surface area (Å²) in [6, 6.07) is 16.3. The van der Waals surface area contributed by atoms with Gasteiger partial charge in [0.05, 0.1) is 6.21 Å². The van der Waals surface area contributed by atoms with Crippen LogP contribution in [-0.4, -0.2) is 11.3 Å². The van der Waals surface area contributed by atoms with Gasteiger partial charge >= 0.3 is 0 Å². The van der Waals surface area contributed by atoms with E-state index >= 15 is 0 Å². The topological polar surface area (TPSA) is 36.4 Å². The second-order valence-corrected chi connectivity index (χ2v) is 5.19. The molecular formula is C17H19N3S. The molecule has 108 valence electrons. The van der Waals surface area contributed by atoms with Crippen molar-refractivity contribution in [1.82, 2.24) is 5.43 Å². The van der Waals surface area contributed by atoms with Crippen LogP contribution in [0.3, 0.4) is 0 Å². The third-order valence-corrected chi connectivity index (χ3v) is 3.27. The Morgan fingerprint density at radius 2 is 1.76 bits per heavy atom. The molecule has 0 aromatic heterocycles. The summed E-state index contributed by atoms with van der Waals surface area (Å²) in [5, 5.41) is 7.68. The molecule has 21 heavy (non-hydrogen) atoms. The Balaban J connectivity index is 1.85. The van der Waals surface area contributed by atoms with Gasteiger partial charge in [0.2, 0.25) is 0 Å². The van der Waals surface area contributed by atoms with Gasteiger partial charge in [-0.25, -0.2) is 0 Å². The number of anilines is 1. The van der Waals surface area contributed by atoms with E-state index in [0.717, 1.165) is 17.7 Å². The van der Waals surface area contributed by atoms with Crippen molar-refractivity contribution < 1.29 is 0 Å². The van der Waals surface area contributed by atoms with E-state index in [4.69, 9.17) is 12.2 Å². The first-order chi connectivity index (χ1) is 10.2. The summed E-state index contributed by atoms with van der Waals surface area (Å²) in [6.07, 6.45) is 2.79. The Hall–Kier alpha value is -2.20. The van der Waals surface area contributed by atoms with Crippen molar-refractivity contribution in [3.05, 3.63) is 65.2 Å². The first kappa shape index (κ1) is 15.2. The summed E-state index contributed by atoms with van der Waals surface area (Å²) in [6.45, 7) is 4.19. The maximum Gasteiger partial charge on any atom is 0.191 e. The summed E-state index contributed by atoms with van der Waals surface area (Å²) in [5.74, 6) is 0. The molecule has 0 atom stereocenters. The number of rotatable bonds is 4. The number of hydrogen-bond acceptors (Lipinski definition) is 2. The average molecular weight is 297 g/mol. The van der Waals surface area contributed by atoms with Gasteiger partial charge < -0.3 is 5.32 Å². The molecule has 0 amide bonds. The number of thiocarbonyl (C=S) groups is 1. The van der Waals surface area contributed by atoms with Crippen LogP contribution in [0.5, 0.6) is 0 Å². The maximum atomic E-state index is 5.19. The molecule has 0 unspecified atom stereocenters. The van der Waals surface area contributed by atoms with Gasteiger partial charge in [-0.2, -0.15) is 5.10 Å². The van der Waals surface area contributed by atoms with E-state index in [1.165, 1.54) is 11.1 Å². The molecule has 2 aromatic carbocycles. The fraction of sp³-hybridized carbons (Fsp3) is 0.176. The Morgan fingerprint density at radius 3 is 2.38 bits per heavy atom. The predicted octanol–water partition coefficient (Wildman–Crippen LogP) is 3.88. The highest BCUT2D eigenvalue weighted by Gasteiger charge is 1.95. The third kappa shape index (κ3) is 5.00. The monoisotopic (exact) mass is 297 g/mol. The molecule has 0 saturated heterocycles. The molecule has 0 fully saturated rings. The lowest BCUT2D eigenvalue weighted by Crippen LogP contribution is -2.23. The summed E-state index contributed by atoms with van der Waals surface area (Å²) < 4.78 is 0. The fourth-order valence-corrected chi connectivity index (χ4v) is 1.97. The lowest BCUT2D eigenvalue weighted by Gasteiger charge is -2.06. The SMILES string of the molecule is CCc1ccc(/C=N/NC(=S)Nc2ccc(C)cc2)cc1. The van der Waals surface area contributed by atoms with Gasteiger partial charge in [-0.15, -0.1) is 0 Å². The van der Waals surface area contributed by atoms with E-state index in [-0.39, 0.29) is 0 Å². The highest BCUT2D eigenvalue weighted by atomic mass is 32.1. The number of hydrogen-bond donors (Lipinski definition) is 2. The van der Waals surface area contributed by atoms with Crippen molar-refractivity contribution in [3.63, 3.8) is 0 Å². The van der Waals surface area contributed by atoms with Crippen molar-refractivity contribution in [1.29, 1.82) is 0 Å². The minimum absolute atomic E-state index is 0.472. The molecule has 0 aliphatic rings. The van der Waals surface area contributed by atoms with Crippen LogP contribution in [-0.2, 0) is 6.42 Å². The van der Waals surface area contributed by atoms with Gasteiger partial charge in [0, 0.05) is 5.69 Å². The predicted molar refractivity (Wildman–Crippen MR) is 93.9 cm³/mol. The third-order valence-electron chi connectivity index (χ3n) is 3.08. The van der Waals surface area contributed by atoms with Crippen molar-refractivity contribution >= 4 is 29.2 Å². The molecule has 0 radical (unpaired) electrons. The molecule has 0 aliphatic heterocycles. The highest BCUT2D eigenvalue weighted by molar-refractivity contribution is 7.80. The van der Waals surface area contributed by atoms with Gasteiger partial charge in [-0.05, 0) is 48.8 Å². The van der Waals surface area contributed by atoms with Crippen LogP contribution in [0, 0.1) is 6.92 Å². The summed E-state index contributed by atoms with van der Waals surface area (Å²) in [4.78, 5) is 0. The Bertz CT molecular complexity index is 615. The molecule has 0 saturated carbocycles. The first-order valence-corrected chi connectivity index (χ1v) is 7.34. The zero-order valence-corrected chi connectivity index (χ0v) is 13.1. The maximum absolute atomic E-state index is 5.19. The van der Waals surface area contributed by atoms with Crippen LogP contribution in [0.2, 0.25) is 0 Å². The zero-order chi connectivity index (χ0) is 15.1. The largest absolute Gasteiger partial charge is 0.331 e. The normalized spacial score (nSPS) is 10.6. The highest BCUT2D eigenvalue weighted by Crippen LogP contribution is 2.08. The number of hydrazone groups is 1. The van der Waals surface area contributed by atoms with E-state index < -0.39 is 0 Å².